The minimum absolute atomic E-state index is 0.0200. The molecular weight excluding hydrogens is 204 g/mol. The van der Waals surface area contributed by atoms with Crippen molar-refractivity contribution in [1.29, 1.82) is 0 Å². The molecule has 1 rings (SSSR count). The molecule has 1 fully saturated rings. The van der Waals surface area contributed by atoms with Crippen LogP contribution < -0.4 is 10.6 Å². The van der Waals surface area contributed by atoms with E-state index in [2.05, 4.69) is 17.6 Å². The minimum Gasteiger partial charge on any atom is -0.394 e. The standard InChI is InChI=1S/C12H24N2O2/c1-9-4-3-5-11(6-9)7-13-12(16)14-10(2)8-15/h9-11,15H,3-8H2,1-2H3,(H2,13,14,16). The smallest absolute Gasteiger partial charge is 0.315 e. The number of rotatable bonds is 4. The van der Waals surface area contributed by atoms with E-state index in [1.165, 1.54) is 25.7 Å². The predicted molar refractivity (Wildman–Crippen MR) is 64.2 cm³/mol. The highest BCUT2D eigenvalue weighted by atomic mass is 16.3. The lowest BCUT2D eigenvalue weighted by Crippen LogP contribution is -2.44. The van der Waals surface area contributed by atoms with Crippen molar-refractivity contribution in [2.45, 2.75) is 45.6 Å². The average molecular weight is 228 g/mol. The highest BCUT2D eigenvalue weighted by molar-refractivity contribution is 5.74. The molecule has 0 bridgehead atoms. The zero-order valence-electron chi connectivity index (χ0n) is 10.3. The van der Waals surface area contributed by atoms with Gasteiger partial charge in [0, 0.05) is 6.54 Å². The third-order valence-electron chi connectivity index (χ3n) is 3.25. The molecule has 0 spiro atoms. The summed E-state index contributed by atoms with van der Waals surface area (Å²) in [5.41, 5.74) is 0. The van der Waals surface area contributed by atoms with Crippen LogP contribution in [-0.2, 0) is 0 Å². The van der Waals surface area contributed by atoms with Gasteiger partial charge < -0.3 is 15.7 Å². The summed E-state index contributed by atoms with van der Waals surface area (Å²) >= 11 is 0. The quantitative estimate of drug-likeness (QED) is 0.682. The fourth-order valence-electron chi connectivity index (χ4n) is 2.30. The summed E-state index contributed by atoms with van der Waals surface area (Å²) < 4.78 is 0. The molecule has 16 heavy (non-hydrogen) atoms. The van der Waals surface area contributed by atoms with E-state index in [4.69, 9.17) is 5.11 Å². The first-order chi connectivity index (χ1) is 7.61. The van der Waals surface area contributed by atoms with Crippen molar-refractivity contribution in [3.8, 4) is 0 Å². The van der Waals surface area contributed by atoms with Crippen molar-refractivity contribution < 1.29 is 9.90 Å². The highest BCUT2D eigenvalue weighted by Gasteiger charge is 2.19. The Bertz CT molecular complexity index is 221. The van der Waals surface area contributed by atoms with Gasteiger partial charge in [-0.3, -0.25) is 0 Å². The van der Waals surface area contributed by atoms with Crippen LogP contribution in [-0.4, -0.2) is 30.3 Å². The molecule has 2 amide bonds. The molecular formula is C12H24N2O2. The maximum Gasteiger partial charge on any atom is 0.315 e. The van der Waals surface area contributed by atoms with Gasteiger partial charge in [-0.2, -0.15) is 0 Å². The number of carbonyl (C=O) groups is 1. The Balaban J connectivity index is 2.15. The molecule has 3 unspecified atom stereocenters. The molecule has 3 N–H and O–H groups in total. The Morgan fingerprint density at radius 1 is 1.50 bits per heavy atom. The van der Waals surface area contributed by atoms with Crippen molar-refractivity contribution in [2.75, 3.05) is 13.2 Å². The molecule has 0 radical (unpaired) electrons. The molecule has 0 aromatic rings. The Labute approximate surface area is 97.8 Å². The molecule has 0 aliphatic heterocycles. The van der Waals surface area contributed by atoms with Crippen molar-refractivity contribution in [3.05, 3.63) is 0 Å². The van der Waals surface area contributed by atoms with E-state index in [0.717, 1.165) is 12.5 Å². The summed E-state index contributed by atoms with van der Waals surface area (Å²) in [6.45, 7) is 4.80. The van der Waals surface area contributed by atoms with Crippen molar-refractivity contribution in [1.82, 2.24) is 10.6 Å². The maximum absolute atomic E-state index is 11.4. The molecule has 4 nitrogen and oxygen atoms in total. The lowest BCUT2D eigenvalue weighted by Gasteiger charge is -2.27. The molecule has 0 saturated heterocycles. The summed E-state index contributed by atoms with van der Waals surface area (Å²) in [5, 5.41) is 14.4. The molecule has 1 aliphatic carbocycles. The molecule has 94 valence electrons. The van der Waals surface area contributed by atoms with E-state index >= 15 is 0 Å². The Kier molecular flexibility index (Phi) is 5.60. The normalized spacial score (nSPS) is 27.2. The van der Waals surface area contributed by atoms with Crippen molar-refractivity contribution >= 4 is 6.03 Å². The van der Waals surface area contributed by atoms with Crippen LogP contribution in [0, 0.1) is 11.8 Å². The maximum atomic E-state index is 11.4. The van der Waals surface area contributed by atoms with Crippen molar-refractivity contribution in [3.63, 3.8) is 0 Å². The third-order valence-corrected chi connectivity index (χ3v) is 3.25. The van der Waals surface area contributed by atoms with E-state index in [0.29, 0.717) is 5.92 Å². The van der Waals surface area contributed by atoms with Crippen LogP contribution >= 0.6 is 0 Å². The molecule has 1 aliphatic rings. The number of amides is 2. The van der Waals surface area contributed by atoms with E-state index < -0.39 is 0 Å². The zero-order chi connectivity index (χ0) is 12.0. The van der Waals surface area contributed by atoms with Gasteiger partial charge >= 0.3 is 6.03 Å². The van der Waals surface area contributed by atoms with Crippen molar-refractivity contribution in [2.24, 2.45) is 11.8 Å². The SMILES string of the molecule is CC1CCCC(CNC(=O)NC(C)CO)C1. The number of hydrogen-bond acceptors (Lipinski definition) is 2. The molecule has 0 aromatic carbocycles. The first-order valence-corrected chi connectivity index (χ1v) is 6.27. The van der Waals surface area contributed by atoms with Crippen LogP contribution in [0.25, 0.3) is 0 Å². The summed E-state index contributed by atoms with van der Waals surface area (Å²) in [7, 11) is 0. The summed E-state index contributed by atoms with van der Waals surface area (Å²) in [5.74, 6) is 1.42. The number of aliphatic hydroxyl groups is 1. The molecule has 0 aromatic heterocycles. The second-order valence-electron chi connectivity index (χ2n) is 5.08. The van der Waals surface area contributed by atoms with E-state index in [-0.39, 0.29) is 18.7 Å². The Hall–Kier alpha value is -0.770. The predicted octanol–water partition coefficient (Wildman–Crippen LogP) is 1.49. The topological polar surface area (TPSA) is 61.4 Å². The van der Waals surface area contributed by atoms with E-state index in [1.54, 1.807) is 6.92 Å². The van der Waals surface area contributed by atoms with Gasteiger partial charge in [-0.1, -0.05) is 19.8 Å². The highest BCUT2D eigenvalue weighted by Crippen LogP contribution is 2.27. The van der Waals surface area contributed by atoms with Gasteiger partial charge in [-0.15, -0.1) is 0 Å². The van der Waals surface area contributed by atoms with Crippen LogP contribution in [0.15, 0.2) is 0 Å². The average Bonchev–Trinajstić information content (AvgIpc) is 2.26. The summed E-state index contributed by atoms with van der Waals surface area (Å²) in [6.07, 6.45) is 5.04. The number of carbonyl (C=O) groups excluding carboxylic acids is 1. The largest absolute Gasteiger partial charge is 0.394 e. The fraction of sp³-hybridized carbons (Fsp3) is 0.917. The first kappa shape index (κ1) is 13.3. The number of aliphatic hydroxyl groups excluding tert-OH is 1. The number of hydrogen-bond donors (Lipinski definition) is 3. The second-order valence-corrected chi connectivity index (χ2v) is 5.08. The van der Waals surface area contributed by atoms with Gasteiger partial charge in [-0.25, -0.2) is 4.79 Å². The van der Waals surface area contributed by atoms with Gasteiger partial charge in [0.25, 0.3) is 0 Å². The second kappa shape index (κ2) is 6.74. The van der Waals surface area contributed by atoms with Gasteiger partial charge in [-0.05, 0) is 31.6 Å². The Morgan fingerprint density at radius 2 is 2.25 bits per heavy atom. The van der Waals surface area contributed by atoms with Crippen LogP contribution in [0.2, 0.25) is 0 Å². The zero-order valence-corrected chi connectivity index (χ0v) is 10.3. The van der Waals surface area contributed by atoms with Gasteiger partial charge in [0.2, 0.25) is 0 Å². The van der Waals surface area contributed by atoms with Gasteiger partial charge in [0.1, 0.15) is 0 Å². The Morgan fingerprint density at radius 3 is 2.88 bits per heavy atom. The van der Waals surface area contributed by atoms with Crippen LogP contribution in [0.5, 0.6) is 0 Å². The van der Waals surface area contributed by atoms with Gasteiger partial charge in [0.15, 0.2) is 0 Å². The van der Waals surface area contributed by atoms with E-state index in [1.807, 2.05) is 0 Å². The number of urea groups is 1. The summed E-state index contributed by atoms with van der Waals surface area (Å²) in [6, 6.07) is -0.343. The molecule has 4 heteroatoms. The van der Waals surface area contributed by atoms with Gasteiger partial charge in [0.05, 0.1) is 12.6 Å². The molecule has 1 saturated carbocycles. The van der Waals surface area contributed by atoms with Crippen LogP contribution in [0.3, 0.4) is 0 Å². The van der Waals surface area contributed by atoms with Crippen LogP contribution in [0.4, 0.5) is 4.79 Å². The number of nitrogens with one attached hydrogen (secondary N) is 2. The third kappa shape index (κ3) is 4.84. The lowest BCUT2D eigenvalue weighted by atomic mass is 9.82. The summed E-state index contributed by atoms with van der Waals surface area (Å²) in [4.78, 5) is 11.4. The monoisotopic (exact) mass is 228 g/mol. The molecule has 0 heterocycles. The van der Waals surface area contributed by atoms with E-state index in [9.17, 15) is 4.79 Å². The van der Waals surface area contributed by atoms with Crippen LogP contribution in [0.1, 0.15) is 39.5 Å². The minimum atomic E-state index is -0.176. The molecule has 3 atom stereocenters. The lowest BCUT2D eigenvalue weighted by molar-refractivity contribution is 0.214. The first-order valence-electron chi connectivity index (χ1n) is 6.27. The fourth-order valence-corrected chi connectivity index (χ4v) is 2.30.